The van der Waals surface area contributed by atoms with E-state index in [0.29, 0.717) is 30.3 Å². The van der Waals surface area contributed by atoms with Crippen LogP contribution in [0.1, 0.15) is 25.3 Å². The number of H-pyrrole nitrogens is 1. The molecule has 3 heterocycles. The number of pyridine rings is 1. The molecule has 4 rings (SSSR count). The predicted octanol–water partition coefficient (Wildman–Crippen LogP) is 5.18. The number of carbonyl (C=O) groups is 1. The number of nitrogens with zero attached hydrogens (tertiary/aromatic N) is 4. The molecular formula is C23H25N5O2S2. The monoisotopic (exact) mass is 467 g/mol. The standard InChI is InChI=1S/C23H21N5O2.2H2S/c1-15(23(29)28-10-4-5-21(28)25-3)11-16-14-27-20-7-6-18(13-19(16)20)30-22-12-17(24-2)8-9-26-22;;/h6-9,12-15,21,27H,4-5,10-11H2,1H3;2*1H2/t15-,21-;;/m0../s1. The first-order valence-corrected chi connectivity index (χ1v) is 9.87. The molecule has 166 valence electrons. The van der Waals surface area contributed by atoms with Gasteiger partial charge in [0.05, 0.1) is 6.57 Å². The second-order valence-electron chi connectivity index (χ2n) is 7.48. The summed E-state index contributed by atoms with van der Waals surface area (Å²) in [7, 11) is 0. The highest BCUT2D eigenvalue weighted by atomic mass is 32.1. The molecule has 9 heteroatoms. The number of aromatic amines is 1. The van der Waals surface area contributed by atoms with Crippen molar-refractivity contribution in [1.29, 1.82) is 0 Å². The largest absolute Gasteiger partial charge is 0.440 e. The molecule has 0 radical (unpaired) electrons. The summed E-state index contributed by atoms with van der Waals surface area (Å²) in [6.45, 7) is 17.0. The van der Waals surface area contributed by atoms with Crippen molar-refractivity contribution in [3.05, 3.63) is 71.1 Å². The summed E-state index contributed by atoms with van der Waals surface area (Å²) in [5.41, 5.74) is 2.45. The summed E-state index contributed by atoms with van der Waals surface area (Å²) < 4.78 is 5.84. The van der Waals surface area contributed by atoms with E-state index in [4.69, 9.17) is 17.9 Å². The number of hydrogen-bond donors (Lipinski definition) is 1. The Morgan fingerprint density at radius 3 is 2.88 bits per heavy atom. The van der Waals surface area contributed by atoms with Crippen LogP contribution in [-0.4, -0.2) is 33.5 Å². The first kappa shape index (κ1) is 25.1. The number of carbonyl (C=O) groups excluding carboxylic acids is 1. The van der Waals surface area contributed by atoms with Crippen LogP contribution in [0.3, 0.4) is 0 Å². The predicted molar refractivity (Wildman–Crippen MR) is 134 cm³/mol. The van der Waals surface area contributed by atoms with Crippen molar-refractivity contribution in [2.45, 2.75) is 32.4 Å². The lowest BCUT2D eigenvalue weighted by atomic mass is 9.99. The Bertz CT molecular complexity index is 1180. The molecule has 1 amide bonds. The van der Waals surface area contributed by atoms with Crippen LogP contribution >= 0.6 is 27.0 Å². The molecule has 1 aliphatic heterocycles. The van der Waals surface area contributed by atoms with Gasteiger partial charge in [0.1, 0.15) is 5.75 Å². The van der Waals surface area contributed by atoms with Crippen molar-refractivity contribution < 1.29 is 9.53 Å². The van der Waals surface area contributed by atoms with Crippen LogP contribution in [-0.2, 0) is 11.2 Å². The number of hydrogen-bond acceptors (Lipinski definition) is 3. The van der Waals surface area contributed by atoms with E-state index in [0.717, 1.165) is 29.3 Å². The zero-order chi connectivity index (χ0) is 21.1. The van der Waals surface area contributed by atoms with Crippen molar-refractivity contribution in [1.82, 2.24) is 14.9 Å². The van der Waals surface area contributed by atoms with E-state index >= 15 is 0 Å². The average Bonchev–Trinajstić information content (AvgIpc) is 3.40. The molecule has 1 fully saturated rings. The summed E-state index contributed by atoms with van der Waals surface area (Å²) >= 11 is 0. The fourth-order valence-electron chi connectivity index (χ4n) is 3.88. The lowest BCUT2D eigenvalue weighted by molar-refractivity contribution is -0.135. The van der Waals surface area contributed by atoms with Crippen molar-refractivity contribution in [3.8, 4) is 11.6 Å². The lowest BCUT2D eigenvalue weighted by Gasteiger charge is -2.20. The van der Waals surface area contributed by atoms with Gasteiger partial charge in [-0.05, 0) is 42.7 Å². The van der Waals surface area contributed by atoms with Crippen molar-refractivity contribution >= 4 is 49.5 Å². The number of nitrogens with one attached hydrogen (secondary N) is 1. The molecule has 1 aliphatic rings. The van der Waals surface area contributed by atoms with Crippen LogP contribution in [0.5, 0.6) is 11.6 Å². The Balaban J connectivity index is 0.00000181. The van der Waals surface area contributed by atoms with Gasteiger partial charge in [-0.25, -0.2) is 16.4 Å². The number of rotatable bonds is 5. The molecule has 0 unspecified atom stereocenters. The van der Waals surface area contributed by atoms with Gasteiger partial charge in [-0.3, -0.25) is 14.5 Å². The second-order valence-corrected chi connectivity index (χ2v) is 7.48. The van der Waals surface area contributed by atoms with E-state index in [9.17, 15) is 4.79 Å². The van der Waals surface area contributed by atoms with E-state index in [1.165, 1.54) is 0 Å². The molecule has 2 aromatic heterocycles. The summed E-state index contributed by atoms with van der Waals surface area (Å²) in [5, 5.41) is 0.983. The minimum atomic E-state index is -0.318. The maximum Gasteiger partial charge on any atom is 0.300 e. The van der Waals surface area contributed by atoms with Crippen LogP contribution in [0.2, 0.25) is 0 Å². The summed E-state index contributed by atoms with van der Waals surface area (Å²) in [6.07, 6.45) is 5.38. The molecule has 3 aromatic rings. The quantitative estimate of drug-likeness (QED) is 0.526. The minimum Gasteiger partial charge on any atom is -0.440 e. The summed E-state index contributed by atoms with van der Waals surface area (Å²) in [5.74, 6) is 0.802. The second kappa shape index (κ2) is 10.9. The molecular weight excluding hydrogens is 442 g/mol. The Hall–Kier alpha value is -3.14. The highest BCUT2D eigenvalue weighted by Gasteiger charge is 2.35. The molecule has 0 aliphatic carbocycles. The Morgan fingerprint density at radius 2 is 2.12 bits per heavy atom. The molecule has 7 nitrogen and oxygen atoms in total. The number of amides is 1. The van der Waals surface area contributed by atoms with Crippen molar-refractivity contribution in [2.75, 3.05) is 6.54 Å². The summed E-state index contributed by atoms with van der Waals surface area (Å²) in [4.78, 5) is 29.0. The van der Waals surface area contributed by atoms with Gasteiger partial charge in [0.2, 0.25) is 11.8 Å². The van der Waals surface area contributed by atoms with Gasteiger partial charge in [0, 0.05) is 48.2 Å². The zero-order valence-corrected chi connectivity index (χ0v) is 19.6. The molecule has 0 saturated carbocycles. The first-order chi connectivity index (χ1) is 14.6. The smallest absolute Gasteiger partial charge is 0.300 e. The number of fused-ring (bicyclic) bond motifs is 1. The normalized spacial score (nSPS) is 15.7. The fourth-order valence-corrected chi connectivity index (χ4v) is 3.88. The number of benzene rings is 1. The molecule has 0 bridgehead atoms. The SMILES string of the molecule is S.S.[C-]#[N+]c1ccnc(Oc2ccc3[nH]cc(C[C@H](C)C(=O)N4CCC[C@H]4[N+]#[C-])c3c2)c1. The molecule has 0 spiro atoms. The lowest BCUT2D eigenvalue weighted by Crippen LogP contribution is -2.38. The van der Waals surface area contributed by atoms with Crippen LogP contribution in [0.15, 0.2) is 42.7 Å². The molecule has 2 atom stereocenters. The van der Waals surface area contributed by atoms with Gasteiger partial charge < -0.3 is 9.72 Å². The Kier molecular flexibility index (Phi) is 8.59. The maximum absolute atomic E-state index is 12.9. The van der Waals surface area contributed by atoms with Gasteiger partial charge in [0.25, 0.3) is 0 Å². The third kappa shape index (κ3) is 5.18. The van der Waals surface area contributed by atoms with E-state index in [1.807, 2.05) is 31.3 Å². The van der Waals surface area contributed by atoms with Crippen molar-refractivity contribution in [2.24, 2.45) is 5.92 Å². The van der Waals surface area contributed by atoms with E-state index in [-0.39, 0.29) is 45.0 Å². The topological polar surface area (TPSA) is 66.9 Å². The minimum absolute atomic E-state index is 0. The average molecular weight is 468 g/mol. The zero-order valence-electron chi connectivity index (χ0n) is 17.6. The molecule has 1 saturated heterocycles. The van der Waals surface area contributed by atoms with E-state index in [1.54, 1.807) is 23.2 Å². The van der Waals surface area contributed by atoms with Gasteiger partial charge >= 0.3 is 6.17 Å². The summed E-state index contributed by atoms with van der Waals surface area (Å²) in [6, 6.07) is 8.91. The number of aromatic nitrogens is 2. The van der Waals surface area contributed by atoms with Gasteiger partial charge in [-0.1, -0.05) is 6.92 Å². The number of likely N-dealkylation sites (tertiary alicyclic amines) is 1. The molecule has 1 aromatic carbocycles. The highest BCUT2D eigenvalue weighted by molar-refractivity contribution is 7.59. The van der Waals surface area contributed by atoms with Gasteiger partial charge in [-0.2, -0.15) is 27.0 Å². The van der Waals surface area contributed by atoms with Crippen LogP contribution < -0.4 is 4.74 Å². The van der Waals surface area contributed by atoms with Crippen molar-refractivity contribution in [3.63, 3.8) is 0 Å². The maximum atomic E-state index is 12.9. The molecule has 32 heavy (non-hydrogen) atoms. The first-order valence-electron chi connectivity index (χ1n) is 9.87. The number of ether oxygens (including phenoxy) is 1. The third-order valence-electron chi connectivity index (χ3n) is 5.41. The molecule has 1 N–H and O–H groups in total. The van der Waals surface area contributed by atoms with Crippen LogP contribution in [0.25, 0.3) is 20.6 Å². The van der Waals surface area contributed by atoms with Crippen LogP contribution in [0, 0.1) is 19.1 Å². The van der Waals surface area contributed by atoms with E-state index < -0.39 is 0 Å². The third-order valence-corrected chi connectivity index (χ3v) is 5.41. The Labute approximate surface area is 201 Å². The van der Waals surface area contributed by atoms with Crippen LogP contribution in [0.4, 0.5) is 5.69 Å². The van der Waals surface area contributed by atoms with Gasteiger partial charge in [0.15, 0.2) is 5.69 Å². The van der Waals surface area contributed by atoms with Gasteiger partial charge in [-0.15, -0.1) is 0 Å². The Morgan fingerprint density at radius 1 is 1.31 bits per heavy atom. The fraction of sp³-hybridized carbons (Fsp3) is 0.304. The van der Waals surface area contributed by atoms with E-state index in [2.05, 4.69) is 19.7 Å². The highest BCUT2D eigenvalue weighted by Crippen LogP contribution is 2.30.